The van der Waals surface area contributed by atoms with Gasteiger partial charge in [-0.25, -0.2) is 0 Å². The van der Waals surface area contributed by atoms with Gasteiger partial charge in [-0.1, -0.05) is 0 Å². The molecule has 0 atom stereocenters. The van der Waals surface area contributed by atoms with Crippen molar-refractivity contribution in [3.8, 4) is 11.5 Å². The molecule has 0 saturated carbocycles. The molecule has 0 aromatic heterocycles. The van der Waals surface area contributed by atoms with Crippen molar-refractivity contribution in [2.75, 3.05) is 6.79 Å². The van der Waals surface area contributed by atoms with E-state index < -0.39 is 0 Å². The van der Waals surface area contributed by atoms with Gasteiger partial charge in [0, 0.05) is 6.07 Å². The number of ether oxygens (including phenoxy) is 2. The summed E-state index contributed by atoms with van der Waals surface area (Å²) < 4.78 is 10.1. The zero-order valence-corrected chi connectivity index (χ0v) is 4.76. The lowest BCUT2D eigenvalue weighted by molar-refractivity contribution is 0.105. The average molecular weight is 121 g/mol. The van der Waals surface area contributed by atoms with Crippen LogP contribution in [0.4, 0.5) is 0 Å². The van der Waals surface area contributed by atoms with Crippen molar-refractivity contribution in [2.24, 2.45) is 0 Å². The summed E-state index contributed by atoms with van der Waals surface area (Å²) in [4.78, 5) is 0. The lowest BCUT2D eigenvalue weighted by Crippen LogP contribution is -2.09. The molecule has 2 rings (SSSR count). The number of fused-ring (bicyclic) bond motifs is 2. The summed E-state index contributed by atoms with van der Waals surface area (Å²) in [6.07, 6.45) is 0. The molecule has 1 aliphatic heterocycles. The summed E-state index contributed by atoms with van der Waals surface area (Å²) >= 11 is 0. The van der Waals surface area contributed by atoms with E-state index in [-0.39, 0.29) is 0 Å². The Morgan fingerprint density at radius 3 is 2.44 bits per heavy atom. The van der Waals surface area contributed by atoms with Crippen molar-refractivity contribution in [1.29, 1.82) is 0 Å². The predicted molar refractivity (Wildman–Crippen MR) is 31.4 cm³/mol. The minimum absolute atomic E-state index is 0.329. The highest BCUT2D eigenvalue weighted by atomic mass is 16.7. The first kappa shape index (κ1) is 4.68. The molecule has 2 heteroatoms. The fraction of sp³-hybridized carbons (Fsp3) is 0.143. The first-order valence-electron chi connectivity index (χ1n) is 2.72. The smallest absolute Gasteiger partial charge is 0.230 e. The zero-order valence-electron chi connectivity index (χ0n) is 4.76. The van der Waals surface area contributed by atoms with E-state index >= 15 is 0 Å². The van der Waals surface area contributed by atoms with Crippen LogP contribution in [0.5, 0.6) is 11.5 Å². The van der Waals surface area contributed by atoms with Gasteiger partial charge in [0.1, 0.15) is 11.5 Å². The third-order valence-electron chi connectivity index (χ3n) is 1.19. The first-order chi connectivity index (χ1) is 4.45. The van der Waals surface area contributed by atoms with Crippen LogP contribution in [0.2, 0.25) is 0 Å². The third kappa shape index (κ3) is 0.721. The summed E-state index contributed by atoms with van der Waals surface area (Å²) in [5, 5.41) is 0. The van der Waals surface area contributed by atoms with Crippen molar-refractivity contribution >= 4 is 0 Å². The van der Waals surface area contributed by atoms with Crippen LogP contribution in [0.1, 0.15) is 0 Å². The minimum Gasteiger partial charge on any atom is -0.457 e. The molecule has 0 spiro atoms. The summed E-state index contributed by atoms with van der Waals surface area (Å²) in [5.74, 6) is 1.66. The Morgan fingerprint density at radius 2 is 1.89 bits per heavy atom. The van der Waals surface area contributed by atoms with E-state index in [1.54, 1.807) is 12.1 Å². The summed E-state index contributed by atoms with van der Waals surface area (Å²) in [6.45, 7) is 0.329. The van der Waals surface area contributed by atoms with Crippen LogP contribution in [-0.2, 0) is 0 Å². The van der Waals surface area contributed by atoms with Crippen LogP contribution >= 0.6 is 0 Å². The fourth-order valence-corrected chi connectivity index (χ4v) is 0.762. The Hall–Kier alpha value is -1.18. The van der Waals surface area contributed by atoms with Gasteiger partial charge in [-0.15, -0.1) is 0 Å². The Kier molecular flexibility index (Phi) is 0.859. The zero-order chi connectivity index (χ0) is 6.10. The normalized spacial score (nSPS) is 13.8. The van der Waals surface area contributed by atoms with E-state index in [2.05, 4.69) is 6.07 Å². The van der Waals surface area contributed by atoms with Gasteiger partial charge in [0.15, 0.2) is 0 Å². The summed E-state index contributed by atoms with van der Waals surface area (Å²) in [5.41, 5.74) is 0. The second-order valence-electron chi connectivity index (χ2n) is 1.81. The van der Waals surface area contributed by atoms with Gasteiger partial charge in [0.2, 0.25) is 6.79 Å². The molecule has 1 heterocycles. The molecule has 0 unspecified atom stereocenters. The van der Waals surface area contributed by atoms with Gasteiger partial charge in [-0.2, -0.15) is 0 Å². The predicted octanol–water partition coefficient (Wildman–Crippen LogP) is 1.22. The molecule has 1 radical (unpaired) electrons. The molecule has 9 heavy (non-hydrogen) atoms. The van der Waals surface area contributed by atoms with Crippen molar-refractivity contribution < 1.29 is 9.47 Å². The lowest BCUT2D eigenvalue weighted by atomic mass is 10.3. The molecule has 0 N–H and O–H groups in total. The maximum atomic E-state index is 5.03. The molecule has 0 fully saturated rings. The monoisotopic (exact) mass is 121 g/mol. The third-order valence-corrected chi connectivity index (χ3v) is 1.19. The Morgan fingerprint density at radius 1 is 1.22 bits per heavy atom. The van der Waals surface area contributed by atoms with Crippen molar-refractivity contribution in [3.63, 3.8) is 0 Å². The van der Waals surface area contributed by atoms with E-state index in [1.165, 1.54) is 0 Å². The maximum absolute atomic E-state index is 5.03. The van der Waals surface area contributed by atoms with E-state index in [0.29, 0.717) is 6.79 Å². The highest BCUT2D eigenvalue weighted by Crippen LogP contribution is 2.22. The van der Waals surface area contributed by atoms with Gasteiger partial charge < -0.3 is 9.47 Å². The van der Waals surface area contributed by atoms with Gasteiger partial charge >= 0.3 is 0 Å². The van der Waals surface area contributed by atoms with Crippen LogP contribution in [-0.4, -0.2) is 6.79 Å². The standard InChI is InChI=1S/C7H5O2/c1-2-6-4-7(3-1)9-5-8-6/h2-4H,5H2. The molecule has 2 nitrogen and oxygen atoms in total. The molecule has 1 aromatic carbocycles. The van der Waals surface area contributed by atoms with Crippen molar-refractivity contribution in [3.05, 3.63) is 24.3 Å². The molecule has 2 bridgehead atoms. The second kappa shape index (κ2) is 1.65. The van der Waals surface area contributed by atoms with Gasteiger partial charge in [-0.05, 0) is 18.2 Å². The van der Waals surface area contributed by atoms with Crippen molar-refractivity contribution in [2.45, 2.75) is 0 Å². The van der Waals surface area contributed by atoms with Gasteiger partial charge in [0.25, 0.3) is 0 Å². The number of rotatable bonds is 0. The van der Waals surface area contributed by atoms with Crippen molar-refractivity contribution in [1.82, 2.24) is 0 Å². The molecular weight excluding hydrogens is 116 g/mol. The number of hydrogen-bond acceptors (Lipinski definition) is 2. The Bertz CT molecular complexity index is 201. The first-order valence-corrected chi connectivity index (χ1v) is 2.72. The Balaban J connectivity index is 2.53. The van der Waals surface area contributed by atoms with Crippen LogP contribution in [0.3, 0.4) is 0 Å². The quantitative estimate of drug-likeness (QED) is 0.513. The van der Waals surface area contributed by atoms with Gasteiger partial charge in [0.05, 0.1) is 0 Å². The summed E-state index contributed by atoms with van der Waals surface area (Å²) in [6, 6.07) is 8.28. The topological polar surface area (TPSA) is 18.5 Å². The Labute approximate surface area is 53.0 Å². The van der Waals surface area contributed by atoms with E-state index in [1.807, 2.05) is 6.07 Å². The molecule has 0 amide bonds. The second-order valence-corrected chi connectivity index (χ2v) is 1.81. The largest absolute Gasteiger partial charge is 0.457 e. The SMILES string of the molecule is [c]1cc2cc(c1)OCO2. The van der Waals surface area contributed by atoms with E-state index in [0.717, 1.165) is 11.5 Å². The van der Waals surface area contributed by atoms with E-state index in [9.17, 15) is 0 Å². The fourth-order valence-electron chi connectivity index (χ4n) is 0.762. The van der Waals surface area contributed by atoms with Crippen LogP contribution in [0.25, 0.3) is 0 Å². The molecule has 45 valence electrons. The van der Waals surface area contributed by atoms with Crippen LogP contribution in [0, 0.1) is 6.07 Å². The molecular formula is C7H5O2. The lowest BCUT2D eigenvalue weighted by Gasteiger charge is -2.13. The van der Waals surface area contributed by atoms with E-state index in [4.69, 9.17) is 9.47 Å². The maximum Gasteiger partial charge on any atom is 0.230 e. The number of benzene rings is 1. The highest BCUT2D eigenvalue weighted by Gasteiger charge is 2.02. The average Bonchev–Trinajstić information content (AvgIpc) is 1.88. The molecule has 0 aliphatic carbocycles. The molecule has 0 saturated heterocycles. The van der Waals surface area contributed by atoms with Crippen LogP contribution < -0.4 is 9.47 Å². The highest BCUT2D eigenvalue weighted by molar-refractivity contribution is 5.33. The van der Waals surface area contributed by atoms with Crippen LogP contribution in [0.15, 0.2) is 18.2 Å². The van der Waals surface area contributed by atoms with Gasteiger partial charge in [-0.3, -0.25) is 0 Å². The minimum atomic E-state index is 0.329. The number of hydrogen-bond donors (Lipinski definition) is 0. The molecule has 1 aliphatic rings. The summed E-state index contributed by atoms with van der Waals surface area (Å²) in [7, 11) is 0. The molecule has 1 aromatic rings.